The SMILES string of the molecule is Cc1ccccc1CNC(=O)c1ccc(C(C)N)o1. The second kappa shape index (κ2) is 5.71. The van der Waals surface area contributed by atoms with Crippen LogP contribution in [0.4, 0.5) is 0 Å². The van der Waals surface area contributed by atoms with Gasteiger partial charge in [0.25, 0.3) is 5.91 Å². The highest BCUT2D eigenvalue weighted by Crippen LogP contribution is 2.14. The summed E-state index contributed by atoms with van der Waals surface area (Å²) in [6.07, 6.45) is 0. The molecule has 1 heterocycles. The second-order valence-electron chi connectivity index (χ2n) is 4.60. The summed E-state index contributed by atoms with van der Waals surface area (Å²) in [6, 6.07) is 11.1. The molecule has 19 heavy (non-hydrogen) atoms. The third-order valence-corrected chi connectivity index (χ3v) is 3.00. The van der Waals surface area contributed by atoms with Crippen molar-refractivity contribution in [1.82, 2.24) is 5.32 Å². The predicted molar refractivity (Wildman–Crippen MR) is 73.7 cm³/mol. The molecule has 3 N–H and O–H groups in total. The van der Waals surface area contributed by atoms with Gasteiger partial charge in [0, 0.05) is 6.54 Å². The van der Waals surface area contributed by atoms with Crippen LogP contribution in [0.15, 0.2) is 40.8 Å². The van der Waals surface area contributed by atoms with Gasteiger partial charge in [-0.3, -0.25) is 4.79 Å². The Balaban J connectivity index is 1.99. The minimum Gasteiger partial charge on any atom is -0.454 e. The van der Waals surface area contributed by atoms with Gasteiger partial charge in [0.2, 0.25) is 0 Å². The van der Waals surface area contributed by atoms with Crippen LogP contribution in [0.25, 0.3) is 0 Å². The maximum Gasteiger partial charge on any atom is 0.287 e. The highest BCUT2D eigenvalue weighted by molar-refractivity contribution is 5.91. The van der Waals surface area contributed by atoms with E-state index in [2.05, 4.69) is 5.32 Å². The van der Waals surface area contributed by atoms with Crippen LogP contribution in [0.3, 0.4) is 0 Å². The molecule has 1 amide bonds. The van der Waals surface area contributed by atoms with E-state index in [4.69, 9.17) is 10.2 Å². The Kier molecular flexibility index (Phi) is 4.02. The van der Waals surface area contributed by atoms with Crippen molar-refractivity contribution in [3.63, 3.8) is 0 Å². The molecule has 2 rings (SSSR count). The summed E-state index contributed by atoms with van der Waals surface area (Å²) in [7, 11) is 0. The van der Waals surface area contributed by atoms with Crippen LogP contribution in [-0.2, 0) is 6.54 Å². The first-order valence-corrected chi connectivity index (χ1v) is 6.26. The molecular weight excluding hydrogens is 240 g/mol. The van der Waals surface area contributed by atoms with Crippen molar-refractivity contribution >= 4 is 5.91 Å². The number of hydrogen-bond acceptors (Lipinski definition) is 3. The second-order valence-corrected chi connectivity index (χ2v) is 4.60. The van der Waals surface area contributed by atoms with Gasteiger partial charge in [-0.2, -0.15) is 0 Å². The molecule has 1 unspecified atom stereocenters. The maximum atomic E-state index is 11.9. The zero-order chi connectivity index (χ0) is 13.8. The molecular formula is C15H18N2O2. The van der Waals surface area contributed by atoms with Crippen LogP contribution in [0.1, 0.15) is 40.4 Å². The van der Waals surface area contributed by atoms with Crippen molar-refractivity contribution in [2.24, 2.45) is 5.73 Å². The number of nitrogens with one attached hydrogen (secondary N) is 1. The standard InChI is InChI=1S/C15H18N2O2/c1-10-5-3-4-6-12(10)9-17-15(18)14-8-7-13(19-14)11(2)16/h3-8,11H,9,16H2,1-2H3,(H,17,18). The Hall–Kier alpha value is -2.07. The van der Waals surface area contributed by atoms with E-state index >= 15 is 0 Å². The largest absolute Gasteiger partial charge is 0.454 e. The molecule has 4 nitrogen and oxygen atoms in total. The Labute approximate surface area is 112 Å². The number of rotatable bonds is 4. The lowest BCUT2D eigenvalue weighted by Gasteiger charge is -2.06. The molecule has 0 aliphatic rings. The number of benzene rings is 1. The number of furan rings is 1. The summed E-state index contributed by atoms with van der Waals surface area (Å²) < 4.78 is 5.39. The molecule has 2 aromatic rings. The van der Waals surface area contributed by atoms with Crippen LogP contribution in [0.2, 0.25) is 0 Å². The lowest BCUT2D eigenvalue weighted by molar-refractivity contribution is 0.0921. The van der Waals surface area contributed by atoms with Gasteiger partial charge in [-0.05, 0) is 37.1 Å². The van der Waals surface area contributed by atoms with E-state index in [1.165, 1.54) is 0 Å². The molecule has 1 aromatic carbocycles. The van der Waals surface area contributed by atoms with Crippen molar-refractivity contribution in [2.75, 3.05) is 0 Å². The summed E-state index contributed by atoms with van der Waals surface area (Å²) in [6.45, 7) is 4.32. The van der Waals surface area contributed by atoms with Crippen molar-refractivity contribution in [3.8, 4) is 0 Å². The van der Waals surface area contributed by atoms with Gasteiger partial charge >= 0.3 is 0 Å². The Bertz CT molecular complexity index is 573. The van der Waals surface area contributed by atoms with E-state index < -0.39 is 0 Å². The first-order valence-electron chi connectivity index (χ1n) is 6.26. The lowest BCUT2D eigenvalue weighted by Crippen LogP contribution is -2.22. The van der Waals surface area contributed by atoms with E-state index in [0.717, 1.165) is 11.1 Å². The number of aryl methyl sites for hydroxylation is 1. The molecule has 0 fully saturated rings. The van der Waals surface area contributed by atoms with Crippen LogP contribution >= 0.6 is 0 Å². The Morgan fingerprint density at radius 3 is 2.68 bits per heavy atom. The highest BCUT2D eigenvalue weighted by Gasteiger charge is 2.12. The van der Waals surface area contributed by atoms with Gasteiger partial charge in [-0.1, -0.05) is 24.3 Å². The minimum atomic E-state index is -0.227. The van der Waals surface area contributed by atoms with E-state index in [0.29, 0.717) is 18.1 Å². The van der Waals surface area contributed by atoms with E-state index in [1.54, 1.807) is 12.1 Å². The number of hydrogen-bond donors (Lipinski definition) is 2. The molecule has 0 radical (unpaired) electrons. The maximum absolute atomic E-state index is 11.9. The predicted octanol–water partition coefficient (Wildman–Crippen LogP) is 2.54. The number of amides is 1. The quantitative estimate of drug-likeness (QED) is 0.885. The molecule has 0 aliphatic carbocycles. The van der Waals surface area contributed by atoms with Crippen LogP contribution in [0, 0.1) is 6.92 Å². The smallest absolute Gasteiger partial charge is 0.287 e. The number of carbonyl (C=O) groups excluding carboxylic acids is 1. The van der Waals surface area contributed by atoms with Crippen LogP contribution in [-0.4, -0.2) is 5.91 Å². The van der Waals surface area contributed by atoms with Crippen molar-refractivity contribution in [3.05, 3.63) is 59.0 Å². The highest BCUT2D eigenvalue weighted by atomic mass is 16.4. The van der Waals surface area contributed by atoms with Gasteiger partial charge in [0.1, 0.15) is 5.76 Å². The Morgan fingerprint density at radius 2 is 2.05 bits per heavy atom. The molecule has 0 saturated heterocycles. The molecule has 0 saturated carbocycles. The summed E-state index contributed by atoms with van der Waals surface area (Å²) in [4.78, 5) is 11.9. The van der Waals surface area contributed by atoms with E-state index in [9.17, 15) is 4.79 Å². The third-order valence-electron chi connectivity index (χ3n) is 3.00. The van der Waals surface area contributed by atoms with Crippen molar-refractivity contribution in [2.45, 2.75) is 26.4 Å². The van der Waals surface area contributed by atoms with Gasteiger partial charge in [0.15, 0.2) is 5.76 Å². The first-order chi connectivity index (χ1) is 9.08. The van der Waals surface area contributed by atoms with Gasteiger partial charge < -0.3 is 15.5 Å². The fourth-order valence-corrected chi connectivity index (χ4v) is 1.79. The number of nitrogens with two attached hydrogens (primary N) is 1. The average molecular weight is 258 g/mol. The third kappa shape index (κ3) is 3.23. The minimum absolute atomic E-state index is 0.210. The van der Waals surface area contributed by atoms with Gasteiger partial charge in [-0.15, -0.1) is 0 Å². The molecule has 0 bridgehead atoms. The van der Waals surface area contributed by atoms with Crippen LogP contribution < -0.4 is 11.1 Å². The summed E-state index contributed by atoms with van der Waals surface area (Å²) >= 11 is 0. The van der Waals surface area contributed by atoms with Crippen molar-refractivity contribution < 1.29 is 9.21 Å². The summed E-state index contributed by atoms with van der Waals surface area (Å²) in [5.74, 6) is 0.678. The summed E-state index contributed by atoms with van der Waals surface area (Å²) in [5.41, 5.74) is 7.93. The zero-order valence-corrected chi connectivity index (χ0v) is 11.1. The Morgan fingerprint density at radius 1 is 1.32 bits per heavy atom. The normalized spacial score (nSPS) is 12.2. The first kappa shape index (κ1) is 13.4. The van der Waals surface area contributed by atoms with Crippen LogP contribution in [0.5, 0.6) is 0 Å². The lowest BCUT2D eigenvalue weighted by atomic mass is 10.1. The topological polar surface area (TPSA) is 68.3 Å². The fourth-order valence-electron chi connectivity index (χ4n) is 1.79. The molecule has 100 valence electrons. The summed E-state index contributed by atoms with van der Waals surface area (Å²) in [5, 5.41) is 2.83. The number of carbonyl (C=O) groups is 1. The van der Waals surface area contributed by atoms with Gasteiger partial charge in [-0.25, -0.2) is 0 Å². The molecule has 4 heteroatoms. The van der Waals surface area contributed by atoms with Crippen molar-refractivity contribution in [1.29, 1.82) is 0 Å². The molecule has 0 aliphatic heterocycles. The molecule has 1 atom stereocenters. The molecule has 1 aromatic heterocycles. The van der Waals surface area contributed by atoms with E-state index in [-0.39, 0.29) is 11.9 Å². The fraction of sp³-hybridized carbons (Fsp3) is 0.267. The average Bonchev–Trinajstić information content (AvgIpc) is 2.87. The van der Waals surface area contributed by atoms with E-state index in [1.807, 2.05) is 38.1 Å². The van der Waals surface area contributed by atoms with Gasteiger partial charge in [0.05, 0.1) is 6.04 Å². The zero-order valence-electron chi connectivity index (χ0n) is 11.1. The molecule has 0 spiro atoms. The monoisotopic (exact) mass is 258 g/mol.